The molecule has 0 spiro atoms. The molecule has 1 aromatic heterocycles. The zero-order valence-electron chi connectivity index (χ0n) is 21.1. The van der Waals surface area contributed by atoms with Crippen LogP contribution in [0, 0.1) is 5.92 Å². The Morgan fingerprint density at radius 1 is 0.973 bits per heavy atom. The quantitative estimate of drug-likeness (QED) is 0.488. The SMILES string of the molecule is O=C(c1noc2c1CN(S(=O)(=O)c1cccc3ccccc13)CC2)N1CCC(CCN2CCCC2)CC1. The highest BCUT2D eigenvalue weighted by molar-refractivity contribution is 7.89. The highest BCUT2D eigenvalue weighted by atomic mass is 32.2. The van der Waals surface area contributed by atoms with Gasteiger partial charge in [0.2, 0.25) is 10.0 Å². The summed E-state index contributed by atoms with van der Waals surface area (Å²) < 4.78 is 34.4. The van der Waals surface area contributed by atoms with Gasteiger partial charge in [0.05, 0.1) is 4.90 Å². The second-order valence-electron chi connectivity index (χ2n) is 10.6. The number of carbonyl (C=O) groups excluding carboxylic acids is 1. The third-order valence-corrected chi connectivity index (χ3v) is 10.2. The first kappa shape index (κ1) is 24.6. The van der Waals surface area contributed by atoms with Crippen molar-refractivity contribution in [3.05, 3.63) is 59.5 Å². The van der Waals surface area contributed by atoms with E-state index in [0.29, 0.717) is 48.7 Å². The summed E-state index contributed by atoms with van der Waals surface area (Å²) in [6, 6.07) is 12.8. The normalized spacial score (nSPS) is 19.9. The van der Waals surface area contributed by atoms with E-state index in [2.05, 4.69) is 10.1 Å². The average Bonchev–Trinajstić information content (AvgIpc) is 3.61. The first-order valence-electron chi connectivity index (χ1n) is 13.5. The van der Waals surface area contributed by atoms with Gasteiger partial charge in [0.15, 0.2) is 5.69 Å². The van der Waals surface area contributed by atoms with Gasteiger partial charge in [0.25, 0.3) is 5.91 Å². The zero-order valence-corrected chi connectivity index (χ0v) is 22.0. The number of piperidine rings is 1. The summed E-state index contributed by atoms with van der Waals surface area (Å²) in [5.41, 5.74) is 0.875. The molecular weight excluding hydrogens is 488 g/mol. The lowest BCUT2D eigenvalue weighted by molar-refractivity contribution is 0.0670. The second-order valence-corrected chi connectivity index (χ2v) is 12.5. The Labute approximate surface area is 218 Å². The van der Waals surface area contributed by atoms with E-state index in [-0.39, 0.29) is 23.0 Å². The topological polar surface area (TPSA) is 87.0 Å². The monoisotopic (exact) mass is 522 g/mol. The van der Waals surface area contributed by atoms with Crippen LogP contribution in [0.5, 0.6) is 0 Å². The fraction of sp³-hybridized carbons (Fsp3) is 0.500. The molecule has 3 aliphatic heterocycles. The van der Waals surface area contributed by atoms with Gasteiger partial charge < -0.3 is 14.3 Å². The van der Waals surface area contributed by atoms with Crippen LogP contribution in [0.1, 0.15) is 53.9 Å². The lowest BCUT2D eigenvalue weighted by Crippen LogP contribution is -2.41. The summed E-state index contributed by atoms with van der Waals surface area (Å²) >= 11 is 0. The number of hydrogen-bond acceptors (Lipinski definition) is 6. The number of rotatable bonds is 6. The molecule has 2 saturated heterocycles. The Balaban J connectivity index is 1.15. The van der Waals surface area contributed by atoms with E-state index in [1.54, 1.807) is 12.1 Å². The maximum absolute atomic E-state index is 13.7. The summed E-state index contributed by atoms with van der Waals surface area (Å²) in [6.45, 7) is 5.42. The maximum atomic E-state index is 13.7. The predicted molar refractivity (Wildman–Crippen MR) is 141 cm³/mol. The number of likely N-dealkylation sites (tertiary alicyclic amines) is 2. The van der Waals surface area contributed by atoms with Crippen LogP contribution in [0.25, 0.3) is 10.8 Å². The van der Waals surface area contributed by atoms with Crippen molar-refractivity contribution in [2.24, 2.45) is 5.92 Å². The molecule has 0 saturated carbocycles. The number of hydrogen-bond donors (Lipinski definition) is 0. The van der Waals surface area contributed by atoms with Gasteiger partial charge >= 0.3 is 0 Å². The maximum Gasteiger partial charge on any atom is 0.276 e. The van der Waals surface area contributed by atoms with E-state index in [1.165, 1.54) is 36.7 Å². The van der Waals surface area contributed by atoms with Gasteiger partial charge in [-0.2, -0.15) is 4.31 Å². The molecule has 3 aliphatic rings. The lowest BCUT2D eigenvalue weighted by Gasteiger charge is -2.32. The van der Waals surface area contributed by atoms with E-state index in [1.807, 2.05) is 35.2 Å². The fourth-order valence-corrected chi connectivity index (χ4v) is 7.69. The van der Waals surface area contributed by atoms with Crippen LogP contribution in [-0.2, 0) is 23.0 Å². The standard InChI is InChI=1S/C28H34N4O4S/c33-28(31-17-11-21(12-18-31)10-16-30-14-3-4-15-30)27-24-20-32(19-13-25(24)36-29-27)37(34,35)26-9-5-7-22-6-1-2-8-23(22)26/h1-2,5-9,21H,3-4,10-20H2. The van der Waals surface area contributed by atoms with Gasteiger partial charge in [-0.25, -0.2) is 8.42 Å². The molecule has 0 unspecified atom stereocenters. The highest BCUT2D eigenvalue weighted by Gasteiger charge is 2.36. The van der Waals surface area contributed by atoms with Gasteiger partial charge in [-0.1, -0.05) is 41.6 Å². The first-order valence-corrected chi connectivity index (χ1v) is 14.9. The third-order valence-electron chi connectivity index (χ3n) is 8.32. The van der Waals surface area contributed by atoms with Crippen molar-refractivity contribution < 1.29 is 17.7 Å². The minimum absolute atomic E-state index is 0.0950. The number of nitrogens with zero attached hydrogens (tertiary/aromatic N) is 4. The largest absolute Gasteiger partial charge is 0.360 e. The van der Waals surface area contributed by atoms with E-state index < -0.39 is 10.0 Å². The summed E-state index contributed by atoms with van der Waals surface area (Å²) in [6.07, 6.45) is 6.23. The molecule has 37 heavy (non-hydrogen) atoms. The number of sulfonamides is 1. The zero-order chi connectivity index (χ0) is 25.4. The van der Waals surface area contributed by atoms with E-state index in [4.69, 9.17) is 4.52 Å². The molecule has 6 rings (SSSR count). The number of fused-ring (bicyclic) bond motifs is 2. The summed E-state index contributed by atoms with van der Waals surface area (Å²) in [4.78, 5) is 18.1. The number of amides is 1. The first-order chi connectivity index (χ1) is 18.0. The van der Waals surface area contributed by atoms with Gasteiger partial charge in [-0.15, -0.1) is 0 Å². The highest BCUT2D eigenvalue weighted by Crippen LogP contribution is 2.32. The smallest absolute Gasteiger partial charge is 0.276 e. The van der Waals surface area contributed by atoms with E-state index in [0.717, 1.165) is 24.8 Å². The fourth-order valence-electron chi connectivity index (χ4n) is 6.06. The molecule has 0 N–H and O–H groups in total. The average molecular weight is 523 g/mol. The third kappa shape index (κ3) is 4.80. The molecule has 1 amide bonds. The Morgan fingerprint density at radius 3 is 2.54 bits per heavy atom. The molecule has 8 nitrogen and oxygen atoms in total. The Bertz CT molecular complexity index is 1380. The lowest BCUT2D eigenvalue weighted by atomic mass is 9.93. The van der Waals surface area contributed by atoms with Crippen LogP contribution in [-0.4, -0.2) is 72.9 Å². The number of carbonyl (C=O) groups is 1. The minimum Gasteiger partial charge on any atom is -0.360 e. The molecule has 3 aromatic rings. The van der Waals surface area contributed by atoms with Crippen molar-refractivity contribution in [1.82, 2.24) is 19.3 Å². The molecule has 0 bridgehead atoms. The predicted octanol–water partition coefficient (Wildman–Crippen LogP) is 3.91. The van der Waals surface area contributed by atoms with Gasteiger partial charge in [-0.05, 0) is 69.1 Å². The molecule has 196 valence electrons. The molecule has 2 fully saturated rings. The number of aromatic nitrogens is 1. The van der Waals surface area contributed by atoms with Crippen molar-refractivity contribution in [2.45, 2.75) is 50.0 Å². The van der Waals surface area contributed by atoms with Crippen LogP contribution >= 0.6 is 0 Å². The van der Waals surface area contributed by atoms with Crippen LogP contribution in [0.2, 0.25) is 0 Å². The van der Waals surface area contributed by atoms with Crippen molar-refractivity contribution in [2.75, 3.05) is 39.3 Å². The van der Waals surface area contributed by atoms with Crippen LogP contribution in [0.15, 0.2) is 51.9 Å². The van der Waals surface area contributed by atoms with Crippen molar-refractivity contribution in [3.8, 4) is 0 Å². The Kier molecular flexibility index (Phi) is 6.77. The van der Waals surface area contributed by atoms with E-state index >= 15 is 0 Å². The van der Waals surface area contributed by atoms with Crippen molar-refractivity contribution in [1.29, 1.82) is 0 Å². The van der Waals surface area contributed by atoms with Gasteiger partial charge in [-0.3, -0.25) is 4.79 Å². The Hall–Kier alpha value is -2.75. The van der Waals surface area contributed by atoms with Crippen LogP contribution in [0.4, 0.5) is 0 Å². The summed E-state index contributed by atoms with van der Waals surface area (Å²) in [7, 11) is -3.76. The van der Waals surface area contributed by atoms with Crippen LogP contribution in [0.3, 0.4) is 0 Å². The molecule has 0 atom stereocenters. The molecule has 2 aromatic carbocycles. The van der Waals surface area contributed by atoms with E-state index in [9.17, 15) is 13.2 Å². The molecule has 0 aliphatic carbocycles. The van der Waals surface area contributed by atoms with Gasteiger partial charge in [0.1, 0.15) is 5.76 Å². The second kappa shape index (κ2) is 10.2. The van der Waals surface area contributed by atoms with Crippen molar-refractivity contribution >= 4 is 26.7 Å². The summed E-state index contributed by atoms with van der Waals surface area (Å²) in [5, 5.41) is 5.70. The molecular formula is C28H34N4O4S. The van der Waals surface area contributed by atoms with Crippen molar-refractivity contribution in [3.63, 3.8) is 0 Å². The van der Waals surface area contributed by atoms with Crippen LogP contribution < -0.4 is 0 Å². The Morgan fingerprint density at radius 2 is 1.73 bits per heavy atom. The molecule has 9 heteroatoms. The minimum atomic E-state index is -3.76. The summed E-state index contributed by atoms with van der Waals surface area (Å²) in [5.74, 6) is 1.12. The molecule has 0 radical (unpaired) electrons. The molecule has 4 heterocycles. The van der Waals surface area contributed by atoms with Gasteiger partial charge in [0, 0.05) is 43.5 Å². The number of benzene rings is 2.